The standard InChI is InChI=1S/C27H27N/c1-16-11-12-20-17(2)24-21(14-19(20)13-16)25-22(26(3,4)27(24,5)6)15-18-9-7-8-10-23(18)28-25/h7-15H,1-6H3. The highest BCUT2D eigenvalue weighted by Crippen LogP contribution is 2.55. The van der Waals surface area contributed by atoms with Crippen LogP contribution in [0.5, 0.6) is 0 Å². The van der Waals surface area contributed by atoms with E-state index in [2.05, 4.69) is 96.1 Å². The first kappa shape index (κ1) is 17.4. The van der Waals surface area contributed by atoms with Gasteiger partial charge in [-0.1, -0.05) is 69.7 Å². The predicted octanol–water partition coefficient (Wildman–Crippen LogP) is 7.24. The summed E-state index contributed by atoms with van der Waals surface area (Å²) in [7, 11) is 0. The zero-order valence-corrected chi connectivity index (χ0v) is 17.6. The summed E-state index contributed by atoms with van der Waals surface area (Å²) < 4.78 is 0. The van der Waals surface area contributed by atoms with Gasteiger partial charge >= 0.3 is 0 Å². The number of para-hydroxylation sites is 1. The molecule has 0 fully saturated rings. The highest BCUT2D eigenvalue weighted by molar-refractivity contribution is 5.96. The van der Waals surface area contributed by atoms with Crippen molar-refractivity contribution in [3.8, 4) is 11.3 Å². The molecule has 0 saturated heterocycles. The second-order valence-electron chi connectivity index (χ2n) is 9.48. The van der Waals surface area contributed by atoms with E-state index in [-0.39, 0.29) is 10.8 Å². The number of fused-ring (bicyclic) bond motifs is 5. The minimum absolute atomic E-state index is 0.00261. The van der Waals surface area contributed by atoms with Gasteiger partial charge in [0.2, 0.25) is 0 Å². The Hall–Kier alpha value is -2.67. The zero-order chi connectivity index (χ0) is 19.8. The average Bonchev–Trinajstić information content (AvgIpc) is 2.65. The molecule has 0 spiro atoms. The van der Waals surface area contributed by atoms with Crippen molar-refractivity contribution < 1.29 is 0 Å². The van der Waals surface area contributed by atoms with Crippen LogP contribution in [0.25, 0.3) is 32.9 Å². The normalized spacial score (nSPS) is 16.8. The number of nitrogens with zero attached hydrogens (tertiary/aromatic N) is 1. The van der Waals surface area contributed by atoms with E-state index in [9.17, 15) is 0 Å². The number of benzene rings is 3. The van der Waals surface area contributed by atoms with Crippen molar-refractivity contribution in [3.05, 3.63) is 76.9 Å². The Bertz CT molecular complexity index is 1270. The van der Waals surface area contributed by atoms with Crippen molar-refractivity contribution in [2.75, 3.05) is 0 Å². The van der Waals surface area contributed by atoms with Gasteiger partial charge in [-0.3, -0.25) is 0 Å². The summed E-state index contributed by atoms with van der Waals surface area (Å²) in [5, 5.41) is 3.90. The van der Waals surface area contributed by atoms with E-state index >= 15 is 0 Å². The van der Waals surface area contributed by atoms with Gasteiger partial charge in [-0.05, 0) is 64.9 Å². The van der Waals surface area contributed by atoms with E-state index in [1.165, 1.54) is 44.0 Å². The van der Waals surface area contributed by atoms with Gasteiger partial charge < -0.3 is 0 Å². The SMILES string of the molecule is Cc1ccc2c(C)c3c(cc2c1)-c1nc2ccccc2cc1C(C)(C)C3(C)C. The van der Waals surface area contributed by atoms with Crippen LogP contribution in [0.4, 0.5) is 0 Å². The third-order valence-corrected chi connectivity index (χ3v) is 7.40. The number of pyridine rings is 1. The molecule has 0 amide bonds. The highest BCUT2D eigenvalue weighted by Gasteiger charge is 2.47. The van der Waals surface area contributed by atoms with E-state index in [1.807, 2.05) is 0 Å². The van der Waals surface area contributed by atoms with Crippen LogP contribution < -0.4 is 0 Å². The van der Waals surface area contributed by atoms with Crippen molar-refractivity contribution in [2.45, 2.75) is 52.4 Å². The maximum atomic E-state index is 5.19. The topological polar surface area (TPSA) is 12.9 Å². The second-order valence-corrected chi connectivity index (χ2v) is 9.48. The first-order chi connectivity index (χ1) is 13.2. The molecule has 1 aliphatic rings. The molecular weight excluding hydrogens is 338 g/mol. The lowest BCUT2D eigenvalue weighted by Gasteiger charge is -2.48. The lowest BCUT2D eigenvalue weighted by molar-refractivity contribution is 0.297. The van der Waals surface area contributed by atoms with Crippen molar-refractivity contribution >= 4 is 21.7 Å². The lowest BCUT2D eigenvalue weighted by atomic mass is 9.55. The van der Waals surface area contributed by atoms with Crippen LogP contribution in [-0.2, 0) is 10.8 Å². The zero-order valence-electron chi connectivity index (χ0n) is 17.6. The molecule has 0 aliphatic heterocycles. The molecule has 0 unspecified atom stereocenters. The van der Waals surface area contributed by atoms with Gasteiger partial charge in [-0.25, -0.2) is 4.98 Å². The molecular formula is C27H27N. The van der Waals surface area contributed by atoms with Crippen molar-refractivity contribution in [1.82, 2.24) is 4.98 Å². The van der Waals surface area contributed by atoms with E-state index in [4.69, 9.17) is 4.98 Å². The molecule has 0 bridgehead atoms. The monoisotopic (exact) mass is 365 g/mol. The predicted molar refractivity (Wildman–Crippen MR) is 120 cm³/mol. The summed E-state index contributed by atoms with van der Waals surface area (Å²) in [6, 6.07) is 20.0. The number of rotatable bonds is 0. The molecule has 0 radical (unpaired) electrons. The number of hydrogen-bond donors (Lipinski definition) is 0. The van der Waals surface area contributed by atoms with Gasteiger partial charge in [-0.2, -0.15) is 0 Å². The van der Waals surface area contributed by atoms with Crippen molar-refractivity contribution in [2.24, 2.45) is 0 Å². The third kappa shape index (κ3) is 2.11. The molecule has 0 saturated carbocycles. The van der Waals surface area contributed by atoms with Gasteiger partial charge in [-0.15, -0.1) is 0 Å². The Morgan fingerprint density at radius 2 is 1.50 bits per heavy atom. The maximum Gasteiger partial charge on any atom is 0.0750 e. The molecule has 5 rings (SSSR count). The van der Waals surface area contributed by atoms with E-state index in [0.29, 0.717) is 0 Å². The van der Waals surface area contributed by atoms with E-state index in [1.54, 1.807) is 0 Å². The fourth-order valence-electron chi connectivity index (χ4n) is 5.15. The first-order valence-corrected chi connectivity index (χ1v) is 10.2. The molecule has 1 aliphatic carbocycles. The molecule has 1 nitrogen and oxygen atoms in total. The van der Waals surface area contributed by atoms with Crippen LogP contribution in [0.15, 0.2) is 54.6 Å². The highest BCUT2D eigenvalue weighted by atomic mass is 14.7. The van der Waals surface area contributed by atoms with Crippen LogP contribution in [0, 0.1) is 13.8 Å². The molecule has 28 heavy (non-hydrogen) atoms. The van der Waals surface area contributed by atoms with Gasteiger partial charge in [0.25, 0.3) is 0 Å². The van der Waals surface area contributed by atoms with Crippen LogP contribution in [0.2, 0.25) is 0 Å². The maximum absolute atomic E-state index is 5.19. The van der Waals surface area contributed by atoms with Crippen molar-refractivity contribution in [3.63, 3.8) is 0 Å². The van der Waals surface area contributed by atoms with Gasteiger partial charge in [0.15, 0.2) is 0 Å². The summed E-state index contributed by atoms with van der Waals surface area (Å²) in [5.74, 6) is 0. The number of hydrogen-bond acceptors (Lipinski definition) is 1. The fourth-order valence-corrected chi connectivity index (χ4v) is 5.15. The summed E-state index contributed by atoms with van der Waals surface area (Å²) in [6.07, 6.45) is 0. The fraction of sp³-hybridized carbons (Fsp3) is 0.296. The van der Waals surface area contributed by atoms with Crippen LogP contribution in [-0.4, -0.2) is 4.98 Å². The Kier molecular flexibility index (Phi) is 3.39. The number of aromatic nitrogens is 1. The Labute approximate surface area is 167 Å². The summed E-state index contributed by atoms with van der Waals surface area (Å²) >= 11 is 0. The van der Waals surface area contributed by atoms with Crippen LogP contribution >= 0.6 is 0 Å². The quantitative estimate of drug-likeness (QED) is 0.320. The van der Waals surface area contributed by atoms with E-state index < -0.39 is 0 Å². The Balaban J connectivity index is 1.99. The summed E-state index contributed by atoms with van der Waals surface area (Å²) in [6.45, 7) is 14.0. The van der Waals surface area contributed by atoms with E-state index in [0.717, 1.165) is 11.2 Å². The largest absolute Gasteiger partial charge is 0.247 e. The van der Waals surface area contributed by atoms with Crippen LogP contribution in [0.1, 0.15) is 49.9 Å². The average molecular weight is 366 g/mol. The molecule has 0 N–H and O–H groups in total. The van der Waals surface area contributed by atoms with Crippen LogP contribution in [0.3, 0.4) is 0 Å². The van der Waals surface area contributed by atoms with Crippen molar-refractivity contribution in [1.29, 1.82) is 0 Å². The minimum atomic E-state index is -0.0184. The van der Waals surface area contributed by atoms with Gasteiger partial charge in [0.1, 0.15) is 0 Å². The molecule has 4 aromatic rings. The lowest BCUT2D eigenvalue weighted by Crippen LogP contribution is -2.44. The smallest absolute Gasteiger partial charge is 0.0750 e. The van der Waals surface area contributed by atoms with Gasteiger partial charge in [0, 0.05) is 16.4 Å². The first-order valence-electron chi connectivity index (χ1n) is 10.2. The molecule has 0 atom stereocenters. The summed E-state index contributed by atoms with van der Waals surface area (Å²) in [5.41, 5.74) is 9.02. The molecule has 1 heteroatoms. The molecule has 1 heterocycles. The Morgan fingerprint density at radius 1 is 0.750 bits per heavy atom. The third-order valence-electron chi connectivity index (χ3n) is 7.40. The second kappa shape index (κ2) is 5.44. The molecule has 140 valence electrons. The number of aryl methyl sites for hydroxylation is 2. The molecule has 1 aromatic heterocycles. The molecule has 3 aromatic carbocycles. The van der Waals surface area contributed by atoms with Gasteiger partial charge in [0.05, 0.1) is 11.2 Å². The summed E-state index contributed by atoms with van der Waals surface area (Å²) in [4.78, 5) is 5.19. The Morgan fingerprint density at radius 3 is 2.29 bits per heavy atom. The minimum Gasteiger partial charge on any atom is -0.247 e.